The molecule has 1 N–H and O–H groups in total. The van der Waals surface area contributed by atoms with Gasteiger partial charge in [-0.2, -0.15) is 0 Å². The molecule has 0 saturated heterocycles. The van der Waals surface area contributed by atoms with Crippen molar-refractivity contribution >= 4 is 17.4 Å². The maximum absolute atomic E-state index is 5.74. The van der Waals surface area contributed by atoms with E-state index in [0.29, 0.717) is 17.4 Å². The fourth-order valence-corrected chi connectivity index (χ4v) is 0.784. The minimum absolute atomic E-state index is 0.523. The van der Waals surface area contributed by atoms with Gasteiger partial charge in [0.25, 0.3) is 0 Å². The van der Waals surface area contributed by atoms with Crippen LogP contribution in [0.25, 0.3) is 0 Å². The van der Waals surface area contributed by atoms with Crippen LogP contribution in [0.3, 0.4) is 0 Å². The van der Waals surface area contributed by atoms with E-state index in [-0.39, 0.29) is 0 Å². The Hall–Kier alpha value is -1.09. The first-order valence-electron chi connectivity index (χ1n) is 3.15. The standard InChI is InChI=1S/C7H8ClN3/c1-2-3-10-7-6(8)4-9-5-11-7/h2,4-5H,1,3H2,(H,9,10,11). The van der Waals surface area contributed by atoms with E-state index in [1.54, 1.807) is 12.3 Å². The molecule has 0 saturated carbocycles. The average Bonchev–Trinajstić information content (AvgIpc) is 2.03. The topological polar surface area (TPSA) is 37.8 Å². The number of anilines is 1. The van der Waals surface area contributed by atoms with Crippen LogP contribution in [0, 0.1) is 0 Å². The Morgan fingerprint density at radius 2 is 2.55 bits per heavy atom. The number of nitrogens with one attached hydrogen (secondary N) is 1. The minimum Gasteiger partial charge on any atom is -0.365 e. The van der Waals surface area contributed by atoms with Crippen LogP contribution < -0.4 is 5.32 Å². The average molecular weight is 170 g/mol. The highest BCUT2D eigenvalue weighted by molar-refractivity contribution is 6.32. The molecule has 4 heteroatoms. The van der Waals surface area contributed by atoms with Crippen molar-refractivity contribution in [1.29, 1.82) is 0 Å². The summed E-state index contributed by atoms with van der Waals surface area (Å²) in [5.74, 6) is 0.640. The van der Waals surface area contributed by atoms with Crippen molar-refractivity contribution in [2.75, 3.05) is 11.9 Å². The lowest BCUT2D eigenvalue weighted by molar-refractivity contribution is 1.14. The van der Waals surface area contributed by atoms with Gasteiger partial charge in [0.15, 0.2) is 0 Å². The normalized spacial score (nSPS) is 9.18. The fraction of sp³-hybridized carbons (Fsp3) is 0.143. The number of halogens is 1. The van der Waals surface area contributed by atoms with Crippen LogP contribution in [-0.2, 0) is 0 Å². The monoisotopic (exact) mass is 169 g/mol. The Kier molecular flexibility index (Phi) is 2.86. The third-order valence-corrected chi connectivity index (χ3v) is 1.36. The Morgan fingerprint density at radius 1 is 1.73 bits per heavy atom. The molecular formula is C7H8ClN3. The van der Waals surface area contributed by atoms with Crippen LogP contribution in [-0.4, -0.2) is 16.5 Å². The Balaban J connectivity index is 2.69. The highest BCUT2D eigenvalue weighted by Gasteiger charge is 1.96. The molecule has 0 unspecified atom stereocenters. The van der Waals surface area contributed by atoms with Crippen LogP contribution in [0.5, 0.6) is 0 Å². The molecule has 1 aromatic heterocycles. The maximum Gasteiger partial charge on any atom is 0.148 e. The number of aromatic nitrogens is 2. The van der Waals surface area contributed by atoms with Crippen molar-refractivity contribution in [2.45, 2.75) is 0 Å². The second-order valence-electron chi connectivity index (χ2n) is 1.89. The van der Waals surface area contributed by atoms with Crippen molar-refractivity contribution in [3.63, 3.8) is 0 Å². The SMILES string of the molecule is C=CCNc1ncncc1Cl. The van der Waals surface area contributed by atoms with E-state index in [1.165, 1.54) is 6.33 Å². The van der Waals surface area contributed by atoms with Gasteiger partial charge in [-0.25, -0.2) is 9.97 Å². The van der Waals surface area contributed by atoms with Gasteiger partial charge >= 0.3 is 0 Å². The van der Waals surface area contributed by atoms with E-state index in [0.717, 1.165) is 0 Å². The Morgan fingerprint density at radius 3 is 3.18 bits per heavy atom. The molecule has 0 amide bonds. The Labute approximate surface area is 70.1 Å². The maximum atomic E-state index is 5.74. The summed E-state index contributed by atoms with van der Waals surface area (Å²) in [6.07, 6.45) is 4.72. The summed E-state index contributed by atoms with van der Waals surface area (Å²) < 4.78 is 0. The smallest absolute Gasteiger partial charge is 0.148 e. The predicted octanol–water partition coefficient (Wildman–Crippen LogP) is 1.73. The summed E-state index contributed by atoms with van der Waals surface area (Å²) in [7, 11) is 0. The molecule has 1 aromatic rings. The highest BCUT2D eigenvalue weighted by atomic mass is 35.5. The zero-order chi connectivity index (χ0) is 8.10. The van der Waals surface area contributed by atoms with Gasteiger partial charge in [0.2, 0.25) is 0 Å². The van der Waals surface area contributed by atoms with E-state index in [4.69, 9.17) is 11.6 Å². The summed E-state index contributed by atoms with van der Waals surface area (Å²) >= 11 is 5.74. The molecular weight excluding hydrogens is 162 g/mol. The van der Waals surface area contributed by atoms with Crippen molar-refractivity contribution < 1.29 is 0 Å². The number of nitrogens with zero attached hydrogens (tertiary/aromatic N) is 2. The van der Waals surface area contributed by atoms with Crippen LogP contribution in [0.2, 0.25) is 5.02 Å². The molecule has 1 rings (SSSR count). The highest BCUT2D eigenvalue weighted by Crippen LogP contribution is 2.15. The summed E-state index contributed by atoms with van der Waals surface area (Å²) in [5.41, 5.74) is 0. The van der Waals surface area contributed by atoms with Crippen LogP contribution in [0.4, 0.5) is 5.82 Å². The van der Waals surface area contributed by atoms with Gasteiger partial charge in [0.05, 0.1) is 6.20 Å². The molecule has 0 radical (unpaired) electrons. The zero-order valence-electron chi connectivity index (χ0n) is 5.92. The zero-order valence-corrected chi connectivity index (χ0v) is 6.67. The van der Waals surface area contributed by atoms with Gasteiger partial charge in [-0.1, -0.05) is 17.7 Å². The quantitative estimate of drug-likeness (QED) is 0.701. The molecule has 0 atom stereocenters. The molecule has 58 valence electrons. The van der Waals surface area contributed by atoms with Gasteiger partial charge in [-0.3, -0.25) is 0 Å². The Bertz CT molecular complexity index is 249. The first-order valence-corrected chi connectivity index (χ1v) is 3.52. The molecule has 0 aliphatic rings. The third kappa shape index (κ3) is 2.20. The molecule has 0 bridgehead atoms. The first kappa shape index (κ1) is 8.01. The lowest BCUT2D eigenvalue weighted by Crippen LogP contribution is -2.00. The van der Waals surface area contributed by atoms with Gasteiger partial charge in [0.1, 0.15) is 17.2 Å². The third-order valence-electron chi connectivity index (χ3n) is 1.08. The summed E-state index contributed by atoms with van der Waals surface area (Å²) in [4.78, 5) is 7.66. The molecule has 11 heavy (non-hydrogen) atoms. The van der Waals surface area contributed by atoms with Gasteiger partial charge in [0, 0.05) is 6.54 Å². The van der Waals surface area contributed by atoms with Crippen molar-refractivity contribution in [1.82, 2.24) is 9.97 Å². The number of hydrogen-bond donors (Lipinski definition) is 1. The molecule has 0 fully saturated rings. The van der Waals surface area contributed by atoms with Crippen LogP contribution >= 0.6 is 11.6 Å². The van der Waals surface area contributed by atoms with E-state index in [1.807, 2.05) is 0 Å². The van der Waals surface area contributed by atoms with Crippen molar-refractivity contribution in [3.05, 3.63) is 30.2 Å². The van der Waals surface area contributed by atoms with E-state index in [9.17, 15) is 0 Å². The first-order chi connectivity index (χ1) is 5.34. The lowest BCUT2D eigenvalue weighted by atomic mass is 10.5. The molecule has 3 nitrogen and oxygen atoms in total. The van der Waals surface area contributed by atoms with Gasteiger partial charge in [-0.15, -0.1) is 6.58 Å². The van der Waals surface area contributed by atoms with Gasteiger partial charge < -0.3 is 5.32 Å². The fourth-order valence-electron chi connectivity index (χ4n) is 0.612. The summed E-state index contributed by atoms with van der Waals surface area (Å²) in [6.45, 7) is 4.21. The van der Waals surface area contributed by atoms with E-state index < -0.39 is 0 Å². The molecule has 0 aliphatic heterocycles. The molecule has 0 aromatic carbocycles. The van der Waals surface area contributed by atoms with Crippen LogP contribution in [0.15, 0.2) is 25.2 Å². The predicted molar refractivity (Wildman–Crippen MR) is 45.7 cm³/mol. The molecule has 0 spiro atoms. The van der Waals surface area contributed by atoms with Crippen LogP contribution in [0.1, 0.15) is 0 Å². The number of hydrogen-bond acceptors (Lipinski definition) is 3. The summed E-state index contributed by atoms with van der Waals surface area (Å²) in [5, 5.41) is 3.48. The molecule has 0 aliphatic carbocycles. The second kappa shape index (κ2) is 3.93. The van der Waals surface area contributed by atoms with E-state index in [2.05, 4.69) is 21.9 Å². The lowest BCUT2D eigenvalue weighted by Gasteiger charge is -2.01. The number of rotatable bonds is 3. The van der Waals surface area contributed by atoms with Crippen molar-refractivity contribution in [2.24, 2.45) is 0 Å². The largest absolute Gasteiger partial charge is 0.365 e. The summed E-state index contributed by atoms with van der Waals surface area (Å²) in [6, 6.07) is 0. The second-order valence-corrected chi connectivity index (χ2v) is 2.30. The van der Waals surface area contributed by atoms with Gasteiger partial charge in [-0.05, 0) is 0 Å². The van der Waals surface area contributed by atoms with E-state index >= 15 is 0 Å². The minimum atomic E-state index is 0.523. The molecule has 1 heterocycles. The van der Waals surface area contributed by atoms with Crippen molar-refractivity contribution in [3.8, 4) is 0 Å².